The SMILES string of the molecule is CCCCCC1CCC(c2ccc(OC(=O)c3ccc(OC(=O)C(C)(F)CCCCC)cc3)cc2)CC1. The molecule has 1 unspecified atom stereocenters. The Labute approximate surface area is 221 Å². The van der Waals surface area contributed by atoms with Crippen molar-refractivity contribution in [3.63, 3.8) is 0 Å². The molecule has 0 N–H and O–H groups in total. The zero-order valence-electron chi connectivity index (χ0n) is 22.8. The first-order valence-corrected chi connectivity index (χ1v) is 14.2. The van der Waals surface area contributed by atoms with Gasteiger partial charge in [-0.3, -0.25) is 0 Å². The Morgan fingerprint density at radius 3 is 2.00 bits per heavy atom. The van der Waals surface area contributed by atoms with Crippen LogP contribution in [0.3, 0.4) is 0 Å². The summed E-state index contributed by atoms with van der Waals surface area (Å²) in [6.45, 7) is 5.53. The number of esters is 2. The first-order chi connectivity index (χ1) is 17.8. The minimum absolute atomic E-state index is 0.128. The molecule has 2 aromatic carbocycles. The average Bonchev–Trinajstić information content (AvgIpc) is 2.90. The Bertz CT molecular complexity index is 973. The second-order valence-corrected chi connectivity index (χ2v) is 10.7. The van der Waals surface area contributed by atoms with E-state index in [9.17, 15) is 14.0 Å². The largest absolute Gasteiger partial charge is 0.424 e. The first-order valence-electron chi connectivity index (χ1n) is 14.2. The number of rotatable bonds is 13. The van der Waals surface area contributed by atoms with Gasteiger partial charge in [0.1, 0.15) is 11.5 Å². The van der Waals surface area contributed by atoms with Gasteiger partial charge in [-0.15, -0.1) is 0 Å². The summed E-state index contributed by atoms with van der Waals surface area (Å²) in [6.07, 6.45) is 13.0. The summed E-state index contributed by atoms with van der Waals surface area (Å²) in [6, 6.07) is 13.9. The molecule has 0 aromatic heterocycles. The lowest BCUT2D eigenvalue weighted by atomic mass is 9.77. The number of hydrogen-bond acceptors (Lipinski definition) is 4. The molecule has 1 atom stereocenters. The third-order valence-electron chi connectivity index (χ3n) is 7.60. The molecule has 1 fully saturated rings. The Morgan fingerprint density at radius 2 is 1.38 bits per heavy atom. The van der Waals surface area contributed by atoms with Crippen molar-refractivity contribution in [2.45, 2.75) is 109 Å². The van der Waals surface area contributed by atoms with Crippen LogP contribution in [-0.2, 0) is 4.79 Å². The van der Waals surface area contributed by atoms with Gasteiger partial charge in [0.25, 0.3) is 0 Å². The molecule has 1 aliphatic carbocycles. The van der Waals surface area contributed by atoms with Crippen molar-refractivity contribution in [2.75, 3.05) is 0 Å². The summed E-state index contributed by atoms with van der Waals surface area (Å²) in [7, 11) is 0. The molecule has 4 nitrogen and oxygen atoms in total. The van der Waals surface area contributed by atoms with Crippen LogP contribution in [0, 0.1) is 5.92 Å². The third kappa shape index (κ3) is 8.98. The van der Waals surface area contributed by atoms with E-state index >= 15 is 0 Å². The van der Waals surface area contributed by atoms with Gasteiger partial charge in [0.05, 0.1) is 5.56 Å². The quantitative estimate of drug-likeness (QED) is 0.153. The number of halogens is 1. The van der Waals surface area contributed by atoms with Gasteiger partial charge in [0, 0.05) is 0 Å². The number of carbonyl (C=O) groups excluding carboxylic acids is 2. The lowest BCUT2D eigenvalue weighted by molar-refractivity contribution is -0.147. The van der Waals surface area contributed by atoms with Crippen LogP contribution < -0.4 is 9.47 Å². The maximum absolute atomic E-state index is 14.6. The van der Waals surface area contributed by atoms with Gasteiger partial charge >= 0.3 is 11.9 Å². The van der Waals surface area contributed by atoms with Crippen LogP contribution in [0.15, 0.2) is 48.5 Å². The Kier molecular flexibility index (Phi) is 11.2. The monoisotopic (exact) mass is 510 g/mol. The van der Waals surface area contributed by atoms with Crippen molar-refractivity contribution in [1.82, 2.24) is 0 Å². The zero-order valence-corrected chi connectivity index (χ0v) is 22.8. The van der Waals surface area contributed by atoms with Gasteiger partial charge in [0.15, 0.2) is 0 Å². The number of alkyl halides is 1. The number of ether oxygens (including phenoxy) is 2. The van der Waals surface area contributed by atoms with Crippen LogP contribution in [0.1, 0.15) is 120 Å². The normalized spacial score (nSPS) is 19.1. The first kappa shape index (κ1) is 28.9. The molecule has 3 rings (SSSR count). The second-order valence-electron chi connectivity index (χ2n) is 10.7. The van der Waals surface area contributed by atoms with Crippen LogP contribution >= 0.6 is 0 Å². The number of unbranched alkanes of at least 4 members (excludes halogenated alkanes) is 4. The van der Waals surface area contributed by atoms with E-state index in [4.69, 9.17) is 9.47 Å². The standard InChI is InChI=1S/C32H43FO4/c1-4-6-8-10-24-11-13-25(14-12-24)26-15-19-28(20-16-26)36-30(34)27-17-21-29(22-18-27)37-31(35)32(3,33)23-9-7-5-2/h15-22,24-25H,4-14,23H2,1-3H3. The summed E-state index contributed by atoms with van der Waals surface area (Å²) in [5.41, 5.74) is -0.392. The average molecular weight is 511 g/mol. The fraction of sp³-hybridized carbons (Fsp3) is 0.562. The summed E-state index contributed by atoms with van der Waals surface area (Å²) < 4.78 is 25.4. The van der Waals surface area contributed by atoms with E-state index in [1.165, 1.54) is 88.1 Å². The minimum Gasteiger partial charge on any atom is -0.424 e. The van der Waals surface area contributed by atoms with Crippen LogP contribution in [0.25, 0.3) is 0 Å². The molecule has 1 saturated carbocycles. The molecule has 0 heterocycles. The molecular weight excluding hydrogens is 467 g/mol. The van der Waals surface area contributed by atoms with E-state index < -0.39 is 17.6 Å². The van der Waals surface area contributed by atoms with E-state index in [1.807, 2.05) is 19.1 Å². The molecule has 5 heteroatoms. The lowest BCUT2D eigenvalue weighted by Gasteiger charge is -2.29. The Balaban J connectivity index is 1.47. The van der Waals surface area contributed by atoms with E-state index in [1.54, 1.807) is 0 Å². The number of carbonyl (C=O) groups is 2. The molecule has 0 radical (unpaired) electrons. The Morgan fingerprint density at radius 1 is 0.811 bits per heavy atom. The molecular formula is C32H43FO4. The molecule has 0 aliphatic heterocycles. The van der Waals surface area contributed by atoms with Gasteiger partial charge in [-0.05, 0) is 99.2 Å². The summed E-state index contributed by atoms with van der Waals surface area (Å²) in [5, 5.41) is 0. The van der Waals surface area contributed by atoms with Gasteiger partial charge in [-0.2, -0.15) is 0 Å². The van der Waals surface area contributed by atoms with E-state index in [2.05, 4.69) is 19.1 Å². The third-order valence-corrected chi connectivity index (χ3v) is 7.60. The van der Waals surface area contributed by atoms with Crippen molar-refractivity contribution in [1.29, 1.82) is 0 Å². The molecule has 37 heavy (non-hydrogen) atoms. The van der Waals surface area contributed by atoms with Crippen LogP contribution in [-0.4, -0.2) is 17.6 Å². The highest BCUT2D eigenvalue weighted by Gasteiger charge is 2.34. The van der Waals surface area contributed by atoms with Gasteiger partial charge in [-0.25, -0.2) is 14.0 Å². The molecule has 0 saturated heterocycles. The summed E-state index contributed by atoms with van der Waals surface area (Å²) in [4.78, 5) is 24.8. The maximum atomic E-state index is 14.6. The highest BCUT2D eigenvalue weighted by Crippen LogP contribution is 2.38. The fourth-order valence-electron chi connectivity index (χ4n) is 5.12. The summed E-state index contributed by atoms with van der Waals surface area (Å²) in [5.74, 6) is 0.755. The topological polar surface area (TPSA) is 52.6 Å². The van der Waals surface area contributed by atoms with Crippen molar-refractivity contribution >= 4 is 11.9 Å². The van der Waals surface area contributed by atoms with Gasteiger partial charge in [0.2, 0.25) is 5.67 Å². The number of benzene rings is 2. The molecule has 0 amide bonds. The van der Waals surface area contributed by atoms with Crippen LogP contribution in [0.5, 0.6) is 11.5 Å². The molecule has 1 aliphatic rings. The molecule has 0 bridgehead atoms. The highest BCUT2D eigenvalue weighted by molar-refractivity contribution is 5.91. The highest BCUT2D eigenvalue weighted by atomic mass is 19.1. The van der Waals surface area contributed by atoms with Gasteiger partial charge < -0.3 is 9.47 Å². The minimum atomic E-state index is -2.03. The van der Waals surface area contributed by atoms with Crippen molar-refractivity contribution < 1.29 is 23.5 Å². The molecule has 0 spiro atoms. The van der Waals surface area contributed by atoms with Crippen molar-refractivity contribution in [3.8, 4) is 11.5 Å². The summed E-state index contributed by atoms with van der Waals surface area (Å²) >= 11 is 0. The second kappa shape index (κ2) is 14.3. The van der Waals surface area contributed by atoms with Crippen LogP contribution in [0.4, 0.5) is 4.39 Å². The maximum Gasteiger partial charge on any atom is 0.348 e. The molecule has 2 aromatic rings. The van der Waals surface area contributed by atoms with Crippen molar-refractivity contribution in [2.24, 2.45) is 5.92 Å². The van der Waals surface area contributed by atoms with E-state index in [0.29, 0.717) is 23.7 Å². The van der Waals surface area contributed by atoms with Crippen LogP contribution in [0.2, 0.25) is 0 Å². The van der Waals surface area contributed by atoms with E-state index in [0.717, 1.165) is 18.8 Å². The van der Waals surface area contributed by atoms with Crippen molar-refractivity contribution in [3.05, 3.63) is 59.7 Å². The smallest absolute Gasteiger partial charge is 0.348 e. The lowest BCUT2D eigenvalue weighted by Crippen LogP contribution is -2.34. The number of hydrogen-bond donors (Lipinski definition) is 0. The predicted molar refractivity (Wildman–Crippen MR) is 146 cm³/mol. The fourth-order valence-corrected chi connectivity index (χ4v) is 5.12. The van der Waals surface area contributed by atoms with E-state index in [-0.39, 0.29) is 12.2 Å². The predicted octanol–water partition coefficient (Wildman–Crippen LogP) is 8.97. The Hall–Kier alpha value is -2.69. The van der Waals surface area contributed by atoms with Gasteiger partial charge in [-0.1, -0.05) is 64.5 Å². The zero-order chi connectivity index (χ0) is 26.7. The molecule has 202 valence electrons.